The van der Waals surface area contributed by atoms with E-state index in [1.165, 1.54) is 0 Å². The van der Waals surface area contributed by atoms with E-state index < -0.39 is 5.97 Å². The molecule has 0 radical (unpaired) electrons. The first-order valence-electron chi connectivity index (χ1n) is 3.15. The van der Waals surface area contributed by atoms with Crippen molar-refractivity contribution in [3.63, 3.8) is 0 Å². The molecule has 66 valence electrons. The molecule has 13 heavy (non-hydrogen) atoms. The first-order valence-corrected chi connectivity index (χ1v) is 3.53. The molecule has 0 aliphatic heterocycles. The van der Waals surface area contributed by atoms with Gasteiger partial charge in [0.2, 0.25) is 0 Å². The summed E-state index contributed by atoms with van der Waals surface area (Å²) in [5, 5.41) is 16.9. The third-order valence-electron chi connectivity index (χ3n) is 1.34. The van der Waals surface area contributed by atoms with Crippen molar-refractivity contribution in [2.45, 2.75) is 0 Å². The van der Waals surface area contributed by atoms with Crippen LogP contribution in [0.25, 0.3) is 0 Å². The number of hydrogen-bond donors (Lipinski definition) is 2. The Labute approximate surface area is 78.4 Å². The Morgan fingerprint density at radius 1 is 1.77 bits per heavy atom. The summed E-state index contributed by atoms with van der Waals surface area (Å²) >= 11 is 5.50. The molecule has 0 amide bonds. The highest BCUT2D eigenvalue weighted by atomic mass is 35.5. The summed E-state index contributed by atoms with van der Waals surface area (Å²) in [4.78, 5) is 13.9. The molecule has 1 aromatic rings. The van der Waals surface area contributed by atoms with Crippen molar-refractivity contribution in [1.29, 1.82) is 5.26 Å². The number of pyridine rings is 1. The lowest BCUT2D eigenvalue weighted by molar-refractivity contribution is 0.0690. The number of carboxylic acid groups (broad SMARTS) is 1. The van der Waals surface area contributed by atoms with E-state index >= 15 is 0 Å². The van der Waals surface area contributed by atoms with Crippen LogP contribution < -0.4 is 5.73 Å². The van der Waals surface area contributed by atoms with Crippen molar-refractivity contribution < 1.29 is 9.90 Å². The summed E-state index contributed by atoms with van der Waals surface area (Å²) in [5.74, 6) is -1.24. The van der Waals surface area contributed by atoms with Gasteiger partial charge >= 0.3 is 5.97 Å². The van der Waals surface area contributed by atoms with Gasteiger partial charge in [0.15, 0.2) is 5.69 Å². The molecule has 1 rings (SSSR count). The lowest BCUT2D eigenvalue weighted by atomic mass is 10.2. The minimum Gasteiger partial charge on any atom is -0.477 e. The molecule has 0 unspecified atom stereocenters. The number of anilines is 1. The largest absolute Gasteiger partial charge is 0.477 e. The first kappa shape index (κ1) is 9.29. The van der Waals surface area contributed by atoms with E-state index in [2.05, 4.69) is 4.98 Å². The van der Waals surface area contributed by atoms with Crippen LogP contribution in [0, 0.1) is 11.3 Å². The molecule has 0 bridgehead atoms. The molecule has 0 saturated heterocycles. The maximum Gasteiger partial charge on any atom is 0.354 e. The van der Waals surface area contributed by atoms with E-state index in [-0.39, 0.29) is 22.1 Å². The van der Waals surface area contributed by atoms with Crippen LogP contribution in [0.5, 0.6) is 0 Å². The molecule has 0 aliphatic carbocycles. The standard InChI is InChI=1S/C7H4ClN3O2/c8-6-3(2-9)4(10)1-5(11-6)7(12)13/h1H,(H2,10,11)(H,12,13). The van der Waals surface area contributed by atoms with Crippen molar-refractivity contribution in [3.05, 3.63) is 22.5 Å². The first-order chi connectivity index (χ1) is 6.06. The number of nitriles is 1. The number of aromatic carboxylic acids is 1. The molecule has 1 heterocycles. The van der Waals surface area contributed by atoms with E-state index in [1.54, 1.807) is 6.07 Å². The second kappa shape index (κ2) is 3.29. The van der Waals surface area contributed by atoms with E-state index in [9.17, 15) is 4.79 Å². The van der Waals surface area contributed by atoms with Crippen LogP contribution in [0.4, 0.5) is 5.69 Å². The number of nitrogens with zero attached hydrogens (tertiary/aromatic N) is 2. The SMILES string of the molecule is N#Cc1c(N)cc(C(=O)O)nc1Cl. The van der Waals surface area contributed by atoms with E-state index in [0.29, 0.717) is 0 Å². The molecular formula is C7H4ClN3O2. The van der Waals surface area contributed by atoms with Gasteiger partial charge < -0.3 is 10.8 Å². The predicted octanol–water partition coefficient (Wildman–Crippen LogP) is 0.887. The topological polar surface area (TPSA) is 100 Å². The van der Waals surface area contributed by atoms with Crippen LogP contribution in [0.3, 0.4) is 0 Å². The molecule has 0 aliphatic rings. The molecule has 1 aromatic heterocycles. The summed E-state index contributed by atoms with van der Waals surface area (Å²) in [6.45, 7) is 0. The molecule has 5 nitrogen and oxygen atoms in total. The van der Waals surface area contributed by atoms with E-state index in [1.807, 2.05) is 0 Å². The molecule has 3 N–H and O–H groups in total. The van der Waals surface area contributed by atoms with Gasteiger partial charge in [0.05, 0.1) is 5.69 Å². The number of carbonyl (C=O) groups is 1. The fourth-order valence-corrected chi connectivity index (χ4v) is 0.995. The van der Waals surface area contributed by atoms with Crippen LogP contribution in [0.1, 0.15) is 16.1 Å². The highest BCUT2D eigenvalue weighted by Crippen LogP contribution is 2.19. The second-order valence-electron chi connectivity index (χ2n) is 2.18. The monoisotopic (exact) mass is 197 g/mol. The van der Waals surface area contributed by atoms with Gasteiger partial charge in [-0.1, -0.05) is 11.6 Å². The number of halogens is 1. The van der Waals surface area contributed by atoms with E-state index in [4.69, 9.17) is 27.7 Å². The number of nitrogens with two attached hydrogens (primary N) is 1. The van der Waals surface area contributed by atoms with Crippen LogP contribution in [-0.2, 0) is 0 Å². The number of aromatic nitrogens is 1. The van der Waals surface area contributed by atoms with E-state index in [0.717, 1.165) is 6.07 Å². The fraction of sp³-hybridized carbons (Fsp3) is 0. The Hall–Kier alpha value is -1.80. The quantitative estimate of drug-likeness (QED) is 0.651. The second-order valence-corrected chi connectivity index (χ2v) is 2.54. The van der Waals surface area contributed by atoms with Crippen molar-refractivity contribution in [2.75, 3.05) is 5.73 Å². The van der Waals surface area contributed by atoms with Gasteiger partial charge in [-0.15, -0.1) is 0 Å². The molecule has 0 atom stereocenters. The number of nitrogen functional groups attached to an aromatic ring is 1. The highest BCUT2D eigenvalue weighted by Gasteiger charge is 2.12. The molecule has 6 heteroatoms. The summed E-state index contributed by atoms with van der Waals surface area (Å²) in [6, 6.07) is 2.81. The van der Waals surface area contributed by atoms with Crippen molar-refractivity contribution >= 4 is 23.3 Å². The number of rotatable bonds is 1. The molecule has 0 saturated carbocycles. The van der Waals surface area contributed by atoms with Gasteiger partial charge in [0.1, 0.15) is 16.8 Å². The van der Waals surface area contributed by atoms with Gasteiger partial charge in [0.25, 0.3) is 0 Å². The minimum atomic E-state index is -1.24. The zero-order chi connectivity index (χ0) is 10.0. The molecular weight excluding hydrogens is 194 g/mol. The van der Waals surface area contributed by atoms with Gasteiger partial charge in [-0.3, -0.25) is 0 Å². The van der Waals surface area contributed by atoms with Crippen LogP contribution in [0.15, 0.2) is 6.07 Å². The molecule has 0 fully saturated rings. The predicted molar refractivity (Wildman–Crippen MR) is 45.3 cm³/mol. The average molecular weight is 198 g/mol. The third-order valence-corrected chi connectivity index (χ3v) is 1.61. The third kappa shape index (κ3) is 1.68. The normalized spacial score (nSPS) is 9.23. The minimum absolute atomic E-state index is 0.00772. The van der Waals surface area contributed by atoms with Gasteiger partial charge in [-0.2, -0.15) is 5.26 Å². The fourth-order valence-electron chi connectivity index (χ4n) is 0.753. The Kier molecular flexibility index (Phi) is 2.35. The van der Waals surface area contributed by atoms with Gasteiger partial charge in [-0.05, 0) is 6.07 Å². The Bertz CT molecular complexity index is 388. The maximum atomic E-state index is 10.4. The highest BCUT2D eigenvalue weighted by molar-refractivity contribution is 6.31. The van der Waals surface area contributed by atoms with Gasteiger partial charge in [0, 0.05) is 0 Å². The van der Waals surface area contributed by atoms with Gasteiger partial charge in [-0.25, -0.2) is 9.78 Å². The average Bonchev–Trinajstić information content (AvgIpc) is 2.03. The summed E-state index contributed by atoms with van der Waals surface area (Å²) < 4.78 is 0. The Balaban J connectivity index is 3.39. The number of hydrogen-bond acceptors (Lipinski definition) is 4. The molecule has 0 spiro atoms. The zero-order valence-corrected chi connectivity index (χ0v) is 7.04. The van der Waals surface area contributed by atoms with Crippen LogP contribution in [0.2, 0.25) is 5.15 Å². The number of carboxylic acids is 1. The lowest BCUT2D eigenvalue weighted by Crippen LogP contribution is -2.04. The van der Waals surface area contributed by atoms with Crippen molar-refractivity contribution in [2.24, 2.45) is 0 Å². The summed E-state index contributed by atoms with van der Waals surface area (Å²) in [6.07, 6.45) is 0. The summed E-state index contributed by atoms with van der Waals surface area (Å²) in [5.41, 5.74) is 5.09. The Morgan fingerprint density at radius 3 is 2.77 bits per heavy atom. The smallest absolute Gasteiger partial charge is 0.354 e. The lowest BCUT2D eigenvalue weighted by Gasteiger charge is -2.00. The maximum absolute atomic E-state index is 10.4. The Morgan fingerprint density at radius 2 is 2.38 bits per heavy atom. The van der Waals surface area contributed by atoms with Crippen molar-refractivity contribution in [3.8, 4) is 6.07 Å². The molecule has 0 aromatic carbocycles. The van der Waals surface area contributed by atoms with Crippen LogP contribution in [-0.4, -0.2) is 16.1 Å². The summed E-state index contributed by atoms with van der Waals surface area (Å²) in [7, 11) is 0. The van der Waals surface area contributed by atoms with Crippen LogP contribution >= 0.6 is 11.6 Å². The van der Waals surface area contributed by atoms with Crippen molar-refractivity contribution in [1.82, 2.24) is 4.98 Å². The zero-order valence-electron chi connectivity index (χ0n) is 6.28.